The average Bonchev–Trinajstić information content (AvgIpc) is 3.41. The molecule has 1 aliphatic heterocycles. The quantitative estimate of drug-likeness (QED) is 0.507. The summed E-state index contributed by atoms with van der Waals surface area (Å²) in [4.78, 5) is 21.9. The van der Waals surface area contributed by atoms with Crippen LogP contribution in [0.3, 0.4) is 0 Å². The topological polar surface area (TPSA) is 107 Å². The van der Waals surface area contributed by atoms with Crippen LogP contribution in [0.5, 0.6) is 10.9 Å². The van der Waals surface area contributed by atoms with Crippen LogP contribution in [0.2, 0.25) is 0 Å². The van der Waals surface area contributed by atoms with Crippen molar-refractivity contribution in [1.82, 2.24) is 20.2 Å². The van der Waals surface area contributed by atoms with Gasteiger partial charge in [-0.25, -0.2) is 4.98 Å². The molecule has 1 aromatic carbocycles. The summed E-state index contributed by atoms with van der Waals surface area (Å²) < 4.78 is 12.9. The van der Waals surface area contributed by atoms with Crippen LogP contribution in [0.4, 0.5) is 0 Å². The monoisotopic (exact) mass is 423 g/mol. The first kappa shape index (κ1) is 19.0. The molecule has 30 heavy (non-hydrogen) atoms. The second kappa shape index (κ2) is 7.67. The molecule has 3 aromatic heterocycles. The van der Waals surface area contributed by atoms with E-state index in [1.54, 1.807) is 18.0 Å². The molecule has 0 saturated carbocycles. The van der Waals surface area contributed by atoms with Gasteiger partial charge in [0.15, 0.2) is 5.65 Å². The van der Waals surface area contributed by atoms with E-state index < -0.39 is 0 Å². The number of carbonyl (C=O) groups is 1. The summed E-state index contributed by atoms with van der Waals surface area (Å²) in [7, 11) is 0. The minimum absolute atomic E-state index is 0.00646. The Morgan fingerprint density at radius 3 is 3.10 bits per heavy atom. The van der Waals surface area contributed by atoms with E-state index in [1.165, 1.54) is 11.3 Å². The van der Waals surface area contributed by atoms with Gasteiger partial charge in [-0.3, -0.25) is 4.79 Å². The molecule has 3 N–H and O–H groups in total. The Balaban J connectivity index is 1.26. The fourth-order valence-electron chi connectivity index (χ4n) is 3.73. The van der Waals surface area contributed by atoms with Gasteiger partial charge in [0.25, 0.3) is 5.19 Å². The van der Waals surface area contributed by atoms with E-state index in [4.69, 9.17) is 14.9 Å². The fraction of sp³-hybridized carbons (Fsp3) is 0.286. The van der Waals surface area contributed by atoms with Crippen molar-refractivity contribution in [2.45, 2.75) is 32.1 Å². The van der Waals surface area contributed by atoms with Crippen molar-refractivity contribution in [1.29, 1.82) is 0 Å². The molecule has 9 heteroatoms. The van der Waals surface area contributed by atoms with Crippen LogP contribution in [0.1, 0.15) is 19.1 Å². The molecule has 1 aliphatic rings. The van der Waals surface area contributed by atoms with Crippen LogP contribution in [-0.4, -0.2) is 39.5 Å². The maximum absolute atomic E-state index is 11.6. The van der Waals surface area contributed by atoms with Crippen molar-refractivity contribution in [2.75, 3.05) is 6.54 Å². The number of hydrogen-bond acceptors (Lipinski definition) is 8. The molecule has 0 spiro atoms. The van der Waals surface area contributed by atoms with Crippen molar-refractivity contribution < 1.29 is 13.9 Å². The molecule has 1 saturated heterocycles. The minimum atomic E-state index is -0.229. The number of carbonyl (C=O) groups excluding carboxylic acids is 1. The third-order valence-electron chi connectivity index (χ3n) is 5.21. The molecule has 0 radical (unpaired) electrons. The van der Waals surface area contributed by atoms with E-state index in [2.05, 4.69) is 15.3 Å². The first-order valence-corrected chi connectivity index (χ1v) is 10.5. The number of furan rings is 1. The number of nitrogens with zero attached hydrogens (tertiary/aromatic N) is 3. The van der Waals surface area contributed by atoms with Crippen LogP contribution < -0.4 is 15.8 Å². The van der Waals surface area contributed by atoms with Crippen LogP contribution in [0.25, 0.3) is 21.3 Å². The first-order chi connectivity index (χ1) is 14.5. The van der Waals surface area contributed by atoms with Gasteiger partial charge in [-0.05, 0) is 36.8 Å². The zero-order chi connectivity index (χ0) is 20.7. The number of nitrogens with two attached hydrogens (primary N) is 1. The molecule has 2 atom stereocenters. The van der Waals surface area contributed by atoms with Crippen LogP contribution in [-0.2, 0) is 11.3 Å². The first-order valence-electron chi connectivity index (χ1n) is 9.73. The van der Waals surface area contributed by atoms with E-state index in [9.17, 15) is 4.79 Å². The summed E-state index contributed by atoms with van der Waals surface area (Å²) in [6.07, 6.45) is 2.22. The highest BCUT2D eigenvalue weighted by Gasteiger charge is 2.30. The van der Waals surface area contributed by atoms with Crippen LogP contribution >= 0.6 is 11.3 Å². The van der Waals surface area contributed by atoms with E-state index in [0.29, 0.717) is 29.7 Å². The van der Waals surface area contributed by atoms with Crippen molar-refractivity contribution in [3.8, 4) is 10.9 Å². The maximum atomic E-state index is 11.6. The summed E-state index contributed by atoms with van der Waals surface area (Å²) in [6.45, 7) is 2.73. The van der Waals surface area contributed by atoms with Gasteiger partial charge in [0.05, 0.1) is 17.4 Å². The largest absolute Gasteiger partial charge is 0.460 e. The second-order valence-electron chi connectivity index (χ2n) is 7.37. The lowest BCUT2D eigenvalue weighted by Crippen LogP contribution is -2.40. The van der Waals surface area contributed by atoms with Gasteiger partial charge in [0, 0.05) is 37.2 Å². The normalized spacial score (nSPS) is 19.1. The minimum Gasteiger partial charge on any atom is -0.460 e. The smallest absolute Gasteiger partial charge is 0.281 e. The molecule has 1 amide bonds. The highest BCUT2D eigenvalue weighted by Crippen LogP contribution is 2.32. The molecule has 1 fully saturated rings. The Labute approximate surface area is 176 Å². The van der Waals surface area contributed by atoms with Crippen LogP contribution in [0, 0.1) is 0 Å². The summed E-state index contributed by atoms with van der Waals surface area (Å²) in [5, 5.41) is 4.97. The average molecular weight is 423 g/mol. The van der Waals surface area contributed by atoms with Crippen molar-refractivity contribution in [2.24, 2.45) is 5.73 Å². The Bertz CT molecular complexity index is 1190. The van der Waals surface area contributed by atoms with E-state index >= 15 is 0 Å². The summed E-state index contributed by atoms with van der Waals surface area (Å²) in [5.41, 5.74) is 7.45. The summed E-state index contributed by atoms with van der Waals surface area (Å²) in [6, 6.07) is 11.7. The fourth-order valence-corrected chi connectivity index (χ4v) is 4.53. The zero-order valence-corrected chi connectivity index (χ0v) is 17.2. The zero-order valence-electron chi connectivity index (χ0n) is 16.4. The van der Waals surface area contributed by atoms with Crippen molar-refractivity contribution >= 4 is 38.6 Å². The lowest BCUT2D eigenvalue weighted by atomic mass is 10.2. The van der Waals surface area contributed by atoms with Crippen molar-refractivity contribution in [3.05, 3.63) is 48.4 Å². The van der Waals surface area contributed by atoms with Gasteiger partial charge in [-0.2, -0.15) is 4.98 Å². The molecular formula is C21H21N5O3S. The number of ether oxygens (including phenoxy) is 1. The van der Waals surface area contributed by atoms with Crippen LogP contribution in [0.15, 0.2) is 47.0 Å². The lowest BCUT2D eigenvalue weighted by molar-refractivity contribution is -0.129. The number of rotatable bonds is 5. The molecular weight excluding hydrogens is 402 g/mol. The SMILES string of the molecule is CC(=O)N1C[C@H](NCc2cc3ccc(Oc4nc5ncccc5s4)cc3o2)C[C@@H]1N. The second-order valence-corrected chi connectivity index (χ2v) is 8.36. The number of nitrogens with one attached hydrogen (secondary N) is 1. The number of benzene rings is 1. The highest BCUT2D eigenvalue weighted by molar-refractivity contribution is 7.20. The number of aromatic nitrogens is 2. The van der Waals surface area contributed by atoms with Gasteiger partial charge in [0.2, 0.25) is 5.91 Å². The molecule has 4 aromatic rings. The van der Waals surface area contributed by atoms with E-state index in [-0.39, 0.29) is 18.1 Å². The Morgan fingerprint density at radius 1 is 1.40 bits per heavy atom. The molecule has 0 unspecified atom stereocenters. The number of likely N-dealkylation sites (tertiary alicyclic amines) is 1. The Kier molecular flexibility index (Phi) is 4.86. The van der Waals surface area contributed by atoms with Gasteiger partial charge in [-0.1, -0.05) is 11.3 Å². The molecule has 8 nitrogen and oxygen atoms in total. The van der Waals surface area contributed by atoms with Gasteiger partial charge in [0.1, 0.15) is 17.1 Å². The van der Waals surface area contributed by atoms with E-state index in [0.717, 1.165) is 27.9 Å². The highest BCUT2D eigenvalue weighted by atomic mass is 32.1. The molecule has 0 bridgehead atoms. The third-order valence-corrected chi connectivity index (χ3v) is 6.09. The Hall–Kier alpha value is -3.01. The molecule has 4 heterocycles. The summed E-state index contributed by atoms with van der Waals surface area (Å²) >= 11 is 1.45. The number of hydrogen-bond donors (Lipinski definition) is 2. The predicted octanol–water partition coefficient (Wildman–Crippen LogP) is 3.23. The maximum Gasteiger partial charge on any atom is 0.281 e. The van der Waals surface area contributed by atoms with Gasteiger partial charge >= 0.3 is 0 Å². The third kappa shape index (κ3) is 3.74. The number of pyridine rings is 1. The Morgan fingerprint density at radius 2 is 2.30 bits per heavy atom. The van der Waals surface area contributed by atoms with Gasteiger partial charge < -0.3 is 25.1 Å². The van der Waals surface area contributed by atoms with Crippen molar-refractivity contribution in [3.63, 3.8) is 0 Å². The predicted molar refractivity (Wildman–Crippen MR) is 114 cm³/mol. The summed E-state index contributed by atoms with van der Waals surface area (Å²) in [5.74, 6) is 1.49. The molecule has 0 aliphatic carbocycles. The standard InChI is InChI=1S/C21H21N5O3S/c1-12(27)26-11-14(8-19(26)22)24-10-16-7-13-4-5-15(9-17(13)28-16)29-21-25-20-18(30-21)3-2-6-23-20/h2-7,9,14,19,24H,8,10-11,22H2,1H3/t14-,19-/m1/s1. The molecule has 154 valence electrons. The molecule has 5 rings (SSSR count). The number of amides is 1. The number of fused-ring (bicyclic) bond motifs is 2. The lowest BCUT2D eigenvalue weighted by Gasteiger charge is -2.18. The number of thiazole rings is 1. The van der Waals surface area contributed by atoms with Gasteiger partial charge in [-0.15, -0.1) is 0 Å². The van der Waals surface area contributed by atoms with E-state index in [1.807, 2.05) is 36.4 Å².